The van der Waals surface area contributed by atoms with Crippen molar-refractivity contribution in [3.8, 4) is 0 Å². The minimum absolute atomic E-state index is 0.0639. The Hall–Kier alpha value is -0.820. The molecule has 1 aromatic rings. The van der Waals surface area contributed by atoms with Gasteiger partial charge >= 0.3 is 0 Å². The molecule has 0 unspecified atom stereocenters. The highest BCUT2D eigenvalue weighted by atomic mass is 16.5. The topological polar surface area (TPSA) is 9.23 Å². The van der Waals surface area contributed by atoms with Crippen LogP contribution in [0.15, 0.2) is 30.3 Å². The summed E-state index contributed by atoms with van der Waals surface area (Å²) in [4.78, 5) is 0. The highest BCUT2D eigenvalue weighted by Gasteiger charge is 2.30. The predicted octanol–water partition coefficient (Wildman–Crippen LogP) is 5.69. The van der Waals surface area contributed by atoms with Crippen molar-refractivity contribution >= 4 is 0 Å². The summed E-state index contributed by atoms with van der Waals surface area (Å²) >= 11 is 0. The van der Waals surface area contributed by atoms with Crippen molar-refractivity contribution in [1.29, 1.82) is 0 Å². The minimum Gasteiger partial charge on any atom is -0.374 e. The summed E-state index contributed by atoms with van der Waals surface area (Å²) in [7, 11) is 1.88. The third-order valence-electron chi connectivity index (χ3n) is 4.06. The lowest BCUT2D eigenvalue weighted by Gasteiger charge is -2.33. The van der Waals surface area contributed by atoms with Crippen molar-refractivity contribution in [2.75, 3.05) is 7.11 Å². The maximum Gasteiger partial charge on any atom is 0.0927 e. The highest BCUT2D eigenvalue weighted by Crippen LogP contribution is 2.36. The maximum atomic E-state index is 6.02. The summed E-state index contributed by atoms with van der Waals surface area (Å²) in [5.74, 6) is 0. The number of rotatable bonds is 10. The van der Waals surface area contributed by atoms with Gasteiger partial charge in [-0.1, -0.05) is 82.7 Å². The van der Waals surface area contributed by atoms with Crippen LogP contribution in [0.2, 0.25) is 0 Å². The molecule has 0 aliphatic rings. The zero-order valence-electron chi connectivity index (χ0n) is 13.0. The van der Waals surface area contributed by atoms with E-state index >= 15 is 0 Å². The molecule has 19 heavy (non-hydrogen) atoms. The molecule has 1 nitrogen and oxygen atoms in total. The zero-order chi connectivity index (χ0) is 14.0. The van der Waals surface area contributed by atoms with Gasteiger partial charge in [0.05, 0.1) is 5.60 Å². The van der Waals surface area contributed by atoms with Crippen LogP contribution in [0.5, 0.6) is 0 Å². The summed E-state index contributed by atoms with van der Waals surface area (Å²) < 4.78 is 6.02. The van der Waals surface area contributed by atoms with E-state index < -0.39 is 0 Å². The molecule has 0 spiro atoms. The summed E-state index contributed by atoms with van der Waals surface area (Å²) in [6, 6.07) is 10.8. The molecular weight excluding hydrogens is 232 g/mol. The fourth-order valence-corrected chi connectivity index (χ4v) is 2.80. The first-order chi connectivity index (χ1) is 9.29. The molecule has 0 aliphatic heterocycles. The lowest BCUT2D eigenvalue weighted by Crippen LogP contribution is -2.28. The van der Waals surface area contributed by atoms with Crippen molar-refractivity contribution in [3.05, 3.63) is 35.9 Å². The van der Waals surface area contributed by atoms with Gasteiger partial charge in [-0.3, -0.25) is 0 Å². The second-order valence-electron chi connectivity index (χ2n) is 5.48. The summed E-state index contributed by atoms with van der Waals surface area (Å²) in [6.07, 6.45) is 9.93. The van der Waals surface area contributed by atoms with Crippen molar-refractivity contribution in [2.45, 2.75) is 70.8 Å². The van der Waals surface area contributed by atoms with E-state index in [4.69, 9.17) is 4.74 Å². The maximum absolute atomic E-state index is 6.02. The van der Waals surface area contributed by atoms with Crippen molar-refractivity contribution in [3.63, 3.8) is 0 Å². The molecule has 108 valence electrons. The van der Waals surface area contributed by atoms with Crippen LogP contribution in [0.1, 0.15) is 70.8 Å². The van der Waals surface area contributed by atoms with Gasteiger partial charge in [0.25, 0.3) is 0 Å². The smallest absolute Gasteiger partial charge is 0.0927 e. The van der Waals surface area contributed by atoms with Crippen LogP contribution in [-0.4, -0.2) is 7.11 Å². The second kappa shape index (κ2) is 9.14. The van der Waals surface area contributed by atoms with Crippen LogP contribution in [0, 0.1) is 0 Å². The molecule has 0 radical (unpaired) electrons. The largest absolute Gasteiger partial charge is 0.374 e. The number of methoxy groups -OCH3 is 1. The van der Waals surface area contributed by atoms with Crippen LogP contribution in [0.4, 0.5) is 0 Å². The van der Waals surface area contributed by atoms with E-state index in [0.717, 1.165) is 12.8 Å². The number of hydrogen-bond donors (Lipinski definition) is 0. The van der Waals surface area contributed by atoms with Crippen LogP contribution < -0.4 is 0 Å². The molecule has 0 aliphatic carbocycles. The average molecular weight is 262 g/mol. The first-order valence-electron chi connectivity index (χ1n) is 7.89. The van der Waals surface area contributed by atoms with Gasteiger partial charge in [0.1, 0.15) is 0 Å². The predicted molar refractivity (Wildman–Crippen MR) is 83.4 cm³/mol. The molecule has 0 fully saturated rings. The third kappa shape index (κ3) is 4.99. The Morgan fingerprint density at radius 1 is 0.842 bits per heavy atom. The van der Waals surface area contributed by atoms with E-state index in [-0.39, 0.29) is 5.60 Å². The van der Waals surface area contributed by atoms with E-state index in [9.17, 15) is 0 Å². The Bertz CT molecular complexity index is 308. The van der Waals surface area contributed by atoms with Crippen LogP contribution in [-0.2, 0) is 10.3 Å². The van der Waals surface area contributed by atoms with Gasteiger partial charge in [-0.05, 0) is 18.4 Å². The third-order valence-corrected chi connectivity index (χ3v) is 4.06. The number of benzene rings is 1. The van der Waals surface area contributed by atoms with Crippen molar-refractivity contribution < 1.29 is 4.74 Å². The first kappa shape index (κ1) is 16.2. The summed E-state index contributed by atoms with van der Waals surface area (Å²) in [5, 5.41) is 0. The number of ether oxygens (including phenoxy) is 1. The van der Waals surface area contributed by atoms with E-state index in [2.05, 4.69) is 44.2 Å². The van der Waals surface area contributed by atoms with Gasteiger partial charge in [-0.15, -0.1) is 0 Å². The van der Waals surface area contributed by atoms with E-state index in [1.807, 2.05) is 7.11 Å². The van der Waals surface area contributed by atoms with Gasteiger partial charge in [0, 0.05) is 7.11 Å². The number of unbranched alkanes of at least 4 members (excludes halogenated alkanes) is 4. The van der Waals surface area contributed by atoms with Crippen molar-refractivity contribution in [1.82, 2.24) is 0 Å². The molecule has 0 aromatic heterocycles. The monoisotopic (exact) mass is 262 g/mol. The molecule has 0 heterocycles. The fraction of sp³-hybridized carbons (Fsp3) is 0.667. The lowest BCUT2D eigenvalue weighted by molar-refractivity contribution is -0.0333. The Balaban J connectivity index is 2.79. The normalized spacial score (nSPS) is 11.7. The minimum atomic E-state index is -0.0639. The average Bonchev–Trinajstić information content (AvgIpc) is 2.47. The number of hydrogen-bond acceptors (Lipinski definition) is 1. The molecule has 0 amide bonds. The Morgan fingerprint density at radius 2 is 1.37 bits per heavy atom. The van der Waals surface area contributed by atoms with Crippen LogP contribution in [0.3, 0.4) is 0 Å². The molecule has 0 N–H and O–H groups in total. The Kier molecular flexibility index (Phi) is 7.81. The fourth-order valence-electron chi connectivity index (χ4n) is 2.80. The quantitative estimate of drug-likeness (QED) is 0.492. The van der Waals surface area contributed by atoms with Gasteiger partial charge in [0.2, 0.25) is 0 Å². The summed E-state index contributed by atoms with van der Waals surface area (Å²) in [5.41, 5.74) is 1.29. The van der Waals surface area contributed by atoms with Gasteiger partial charge < -0.3 is 4.74 Å². The van der Waals surface area contributed by atoms with E-state index in [1.165, 1.54) is 44.1 Å². The SMILES string of the molecule is CCCCCC(CCCCC)(OC)c1ccccc1. The van der Waals surface area contributed by atoms with Gasteiger partial charge in [0.15, 0.2) is 0 Å². The molecule has 1 aromatic carbocycles. The van der Waals surface area contributed by atoms with Gasteiger partial charge in [-0.25, -0.2) is 0 Å². The zero-order valence-corrected chi connectivity index (χ0v) is 13.0. The highest BCUT2D eigenvalue weighted by molar-refractivity contribution is 5.22. The standard InChI is InChI=1S/C18H30O/c1-4-6-11-15-18(19-3,16-12-7-5-2)17-13-9-8-10-14-17/h8-10,13-14H,4-7,11-12,15-16H2,1-3H3. The van der Waals surface area contributed by atoms with Crippen LogP contribution >= 0.6 is 0 Å². The van der Waals surface area contributed by atoms with E-state index in [0.29, 0.717) is 0 Å². The van der Waals surface area contributed by atoms with E-state index in [1.54, 1.807) is 0 Å². The molecular formula is C18H30O. The van der Waals surface area contributed by atoms with Gasteiger partial charge in [-0.2, -0.15) is 0 Å². The molecule has 0 saturated heterocycles. The lowest BCUT2D eigenvalue weighted by atomic mass is 9.83. The Labute approximate surface area is 119 Å². The molecule has 0 bridgehead atoms. The molecule has 0 atom stereocenters. The first-order valence-corrected chi connectivity index (χ1v) is 7.89. The summed E-state index contributed by atoms with van der Waals surface area (Å²) in [6.45, 7) is 4.52. The molecule has 0 saturated carbocycles. The van der Waals surface area contributed by atoms with Crippen molar-refractivity contribution in [2.24, 2.45) is 0 Å². The van der Waals surface area contributed by atoms with Crippen LogP contribution in [0.25, 0.3) is 0 Å². The second-order valence-corrected chi connectivity index (χ2v) is 5.48. The molecule has 1 heteroatoms. The Morgan fingerprint density at radius 3 is 1.79 bits per heavy atom. The molecule has 1 rings (SSSR count).